The topological polar surface area (TPSA) is 0 Å². The molecule has 1 atom stereocenters. The van der Waals surface area contributed by atoms with Crippen LogP contribution in [-0.4, -0.2) is 0 Å². The average Bonchev–Trinajstić information content (AvgIpc) is 2.86. The molecule has 4 aromatic carbocycles. The lowest BCUT2D eigenvalue weighted by Crippen LogP contribution is -2.35. The molecule has 0 saturated carbocycles. The van der Waals surface area contributed by atoms with E-state index in [9.17, 15) is 0 Å². The first kappa shape index (κ1) is 21.5. The maximum Gasteiger partial charge on any atom is 0.119 e. The molecular weight excluding hydrogens is 391 g/mol. The molecule has 4 rings (SSSR count). The Labute approximate surface area is 188 Å². The molecule has 0 saturated heterocycles. The van der Waals surface area contributed by atoms with Gasteiger partial charge in [-0.25, -0.2) is 0 Å². The zero-order chi connectivity index (χ0) is 21.4. The Kier molecular flexibility index (Phi) is 7.34. The molecule has 0 N–H and O–H groups in total. The van der Waals surface area contributed by atoms with Gasteiger partial charge >= 0.3 is 0 Å². The van der Waals surface area contributed by atoms with Crippen molar-refractivity contribution in [1.29, 1.82) is 0 Å². The van der Waals surface area contributed by atoms with Crippen LogP contribution in [0.2, 0.25) is 0 Å². The highest BCUT2D eigenvalue weighted by atomic mass is 31.2. The predicted octanol–water partition coefficient (Wildman–Crippen LogP) is 7.30. The lowest BCUT2D eigenvalue weighted by Gasteiger charge is -2.35. The normalized spacial score (nSPS) is 12.4. The maximum absolute atomic E-state index is 2.36. The Morgan fingerprint density at radius 3 is 1.29 bits per heavy atom. The summed E-state index contributed by atoms with van der Waals surface area (Å²) < 4.78 is 0. The zero-order valence-corrected chi connectivity index (χ0v) is 19.3. The predicted molar refractivity (Wildman–Crippen MR) is 138 cm³/mol. The van der Waals surface area contributed by atoms with E-state index in [1.54, 1.807) is 0 Å². The lowest BCUT2D eigenvalue weighted by atomic mass is 10.1. The summed E-state index contributed by atoms with van der Waals surface area (Å²) in [5, 5.41) is 4.41. The van der Waals surface area contributed by atoms with E-state index in [4.69, 9.17) is 0 Å². The smallest absolute Gasteiger partial charge is 0.0654 e. The molecule has 0 fully saturated rings. The molecule has 0 spiro atoms. The average molecular weight is 424 g/mol. The third kappa shape index (κ3) is 4.51. The Hall–Kier alpha value is -2.69. The van der Waals surface area contributed by atoms with Gasteiger partial charge in [-0.2, -0.15) is 0 Å². The highest BCUT2D eigenvalue weighted by molar-refractivity contribution is 7.96. The minimum atomic E-state index is -1.93. The number of rotatable bonds is 9. The summed E-state index contributed by atoms with van der Waals surface area (Å²) in [4.78, 5) is 0. The molecular formula is C30H32P+. The van der Waals surface area contributed by atoms with Gasteiger partial charge in [-0.1, -0.05) is 105 Å². The molecule has 0 aromatic heterocycles. The fraction of sp³-hybridized carbons (Fsp3) is 0.200. The van der Waals surface area contributed by atoms with E-state index in [2.05, 4.69) is 128 Å². The van der Waals surface area contributed by atoms with Crippen molar-refractivity contribution in [2.24, 2.45) is 0 Å². The van der Waals surface area contributed by atoms with Crippen molar-refractivity contribution in [3.63, 3.8) is 0 Å². The van der Waals surface area contributed by atoms with Crippen LogP contribution in [0.3, 0.4) is 0 Å². The molecule has 0 aliphatic heterocycles. The van der Waals surface area contributed by atoms with Gasteiger partial charge in [0, 0.05) is 0 Å². The van der Waals surface area contributed by atoms with Gasteiger partial charge in [-0.3, -0.25) is 0 Å². The monoisotopic (exact) mass is 423 g/mol. The lowest BCUT2D eigenvalue weighted by molar-refractivity contribution is 0.655. The third-order valence-corrected chi connectivity index (χ3v) is 11.1. The van der Waals surface area contributed by atoms with E-state index < -0.39 is 7.26 Å². The quantitative estimate of drug-likeness (QED) is 0.196. The summed E-state index contributed by atoms with van der Waals surface area (Å²) in [6, 6.07) is 45.1. The fourth-order valence-corrected chi connectivity index (χ4v) is 9.91. The van der Waals surface area contributed by atoms with Crippen LogP contribution < -0.4 is 15.9 Å². The summed E-state index contributed by atoms with van der Waals surface area (Å²) in [5.41, 5.74) is 1.91. The van der Waals surface area contributed by atoms with Crippen LogP contribution in [0, 0.1) is 0 Å². The molecule has 1 unspecified atom stereocenters. The van der Waals surface area contributed by atoms with Gasteiger partial charge in [0.15, 0.2) is 0 Å². The van der Waals surface area contributed by atoms with E-state index in [0.717, 1.165) is 0 Å². The van der Waals surface area contributed by atoms with Crippen molar-refractivity contribution in [2.45, 2.75) is 38.3 Å². The maximum atomic E-state index is 2.36. The second kappa shape index (κ2) is 10.6. The van der Waals surface area contributed by atoms with Gasteiger partial charge < -0.3 is 0 Å². The van der Waals surface area contributed by atoms with E-state index in [0.29, 0.717) is 5.66 Å². The number of unbranched alkanes of at least 4 members (excludes halogenated alkanes) is 2. The molecule has 0 aliphatic rings. The standard InChI is InChI=1S/C30H32P/c1-2-3-8-25-30(26-17-9-4-10-18-26)31(27-19-11-5-12-20-27,28-21-13-6-14-22-28)29-23-15-7-16-24-29/h4-7,9-24,30H,2-3,8,25H2,1H3/q+1. The Morgan fingerprint density at radius 2 is 0.903 bits per heavy atom. The highest BCUT2D eigenvalue weighted by Crippen LogP contribution is 2.68. The van der Waals surface area contributed by atoms with Crippen molar-refractivity contribution in [1.82, 2.24) is 0 Å². The molecule has 0 amide bonds. The number of benzene rings is 4. The first-order valence-corrected chi connectivity index (χ1v) is 13.3. The second-order valence-corrected chi connectivity index (χ2v) is 11.8. The van der Waals surface area contributed by atoms with Crippen molar-refractivity contribution in [3.8, 4) is 0 Å². The van der Waals surface area contributed by atoms with E-state index in [-0.39, 0.29) is 0 Å². The first-order valence-electron chi connectivity index (χ1n) is 11.5. The minimum Gasteiger partial charge on any atom is -0.0654 e. The van der Waals surface area contributed by atoms with Crippen LogP contribution in [0.25, 0.3) is 0 Å². The molecule has 156 valence electrons. The van der Waals surface area contributed by atoms with Gasteiger partial charge in [0.2, 0.25) is 0 Å². The Morgan fingerprint density at radius 1 is 0.516 bits per heavy atom. The fourth-order valence-electron chi connectivity index (χ4n) is 4.82. The molecule has 0 heterocycles. The SMILES string of the molecule is CCCCCC(c1ccccc1)[P+](c1ccccc1)(c1ccccc1)c1ccccc1. The largest absolute Gasteiger partial charge is 0.119 e. The van der Waals surface area contributed by atoms with Crippen molar-refractivity contribution < 1.29 is 0 Å². The zero-order valence-electron chi connectivity index (χ0n) is 18.4. The molecule has 1 heteroatoms. The number of hydrogen-bond acceptors (Lipinski definition) is 0. The van der Waals surface area contributed by atoms with E-state index in [1.807, 2.05) is 0 Å². The summed E-state index contributed by atoms with van der Waals surface area (Å²) >= 11 is 0. The van der Waals surface area contributed by atoms with Crippen LogP contribution in [0.5, 0.6) is 0 Å². The summed E-state index contributed by atoms with van der Waals surface area (Å²) in [6.45, 7) is 2.30. The first-order chi connectivity index (χ1) is 15.4. The van der Waals surface area contributed by atoms with E-state index in [1.165, 1.54) is 47.2 Å². The molecule has 0 radical (unpaired) electrons. The third-order valence-electron chi connectivity index (χ3n) is 6.22. The Balaban J connectivity index is 2.04. The molecule has 0 bridgehead atoms. The van der Waals surface area contributed by atoms with Crippen LogP contribution in [-0.2, 0) is 0 Å². The van der Waals surface area contributed by atoms with Crippen LogP contribution >= 0.6 is 7.26 Å². The minimum absolute atomic E-state index is 0.451. The van der Waals surface area contributed by atoms with Gasteiger partial charge in [0.1, 0.15) is 28.8 Å². The molecule has 4 aromatic rings. The van der Waals surface area contributed by atoms with Crippen molar-refractivity contribution in [2.75, 3.05) is 0 Å². The Bertz CT molecular complexity index is 930. The number of hydrogen-bond donors (Lipinski definition) is 0. The van der Waals surface area contributed by atoms with Crippen LogP contribution in [0.1, 0.15) is 43.8 Å². The van der Waals surface area contributed by atoms with Gasteiger partial charge in [0.25, 0.3) is 0 Å². The highest BCUT2D eigenvalue weighted by Gasteiger charge is 2.52. The van der Waals surface area contributed by atoms with Gasteiger partial charge in [-0.05, 0) is 54.8 Å². The summed E-state index contributed by atoms with van der Waals surface area (Å²) in [6.07, 6.45) is 4.98. The van der Waals surface area contributed by atoms with Crippen molar-refractivity contribution >= 4 is 23.2 Å². The molecule has 31 heavy (non-hydrogen) atoms. The van der Waals surface area contributed by atoms with Crippen LogP contribution in [0.15, 0.2) is 121 Å². The molecule has 0 nitrogen and oxygen atoms in total. The van der Waals surface area contributed by atoms with Crippen LogP contribution in [0.4, 0.5) is 0 Å². The van der Waals surface area contributed by atoms with E-state index >= 15 is 0 Å². The van der Waals surface area contributed by atoms with Gasteiger partial charge in [-0.15, -0.1) is 0 Å². The van der Waals surface area contributed by atoms with Crippen molar-refractivity contribution in [3.05, 3.63) is 127 Å². The second-order valence-electron chi connectivity index (χ2n) is 8.15. The van der Waals surface area contributed by atoms with Gasteiger partial charge in [0.05, 0.1) is 0 Å². The molecule has 0 aliphatic carbocycles. The summed E-state index contributed by atoms with van der Waals surface area (Å²) in [7, 11) is -1.93. The summed E-state index contributed by atoms with van der Waals surface area (Å²) in [5.74, 6) is 0.